The molecular weight excluding hydrogens is 421 g/mol. The van der Waals surface area contributed by atoms with Gasteiger partial charge in [-0.3, -0.25) is 4.79 Å². The molecule has 0 spiro atoms. The van der Waals surface area contributed by atoms with Crippen molar-refractivity contribution in [3.8, 4) is 0 Å². The van der Waals surface area contributed by atoms with Crippen LogP contribution < -0.4 is 5.32 Å². The molecule has 1 heterocycles. The van der Waals surface area contributed by atoms with Crippen LogP contribution in [0.3, 0.4) is 0 Å². The molecule has 1 aromatic carbocycles. The minimum absolute atomic E-state index is 0.00733. The van der Waals surface area contributed by atoms with E-state index in [9.17, 15) is 27.0 Å². The Balaban J connectivity index is 0.00000218. The van der Waals surface area contributed by atoms with Gasteiger partial charge in [-0.1, -0.05) is 32.0 Å². The van der Waals surface area contributed by atoms with Gasteiger partial charge in [-0.25, -0.2) is 9.00 Å². The molecule has 170 valence electrons. The maximum absolute atomic E-state index is 13.1. The second-order valence-corrected chi connectivity index (χ2v) is 10.0. The number of nitrogens with zero attached hydrogens (tertiary/aromatic N) is 1. The van der Waals surface area contributed by atoms with E-state index in [0.29, 0.717) is 0 Å². The summed E-state index contributed by atoms with van der Waals surface area (Å²) in [5.74, 6) is -0.913. The number of ether oxygens (including phenoxy) is 1. The van der Waals surface area contributed by atoms with Gasteiger partial charge in [0.15, 0.2) is 0 Å². The molecule has 0 saturated carbocycles. The van der Waals surface area contributed by atoms with E-state index in [1.54, 1.807) is 20.8 Å². The van der Waals surface area contributed by atoms with Crippen LogP contribution in [0, 0.1) is 0 Å². The van der Waals surface area contributed by atoms with Crippen LogP contribution in [0.25, 0.3) is 0 Å². The molecule has 2 rings (SSSR count). The molecule has 6 nitrogen and oxygen atoms in total. The van der Waals surface area contributed by atoms with Gasteiger partial charge in [0.25, 0.3) is 5.91 Å². The normalized spacial score (nSPS) is 21.7. The predicted molar refractivity (Wildman–Crippen MR) is 110 cm³/mol. The van der Waals surface area contributed by atoms with Gasteiger partial charge < -0.3 is 10.1 Å². The molecule has 10 heteroatoms. The van der Waals surface area contributed by atoms with Crippen LogP contribution >= 0.6 is 0 Å². The van der Waals surface area contributed by atoms with Crippen molar-refractivity contribution in [2.75, 3.05) is 11.5 Å². The first-order valence-electron chi connectivity index (χ1n) is 9.70. The Kier molecular flexibility index (Phi) is 8.89. The smallest absolute Gasteiger partial charge is 0.416 e. The topological polar surface area (TPSA) is 84.8 Å². The third-order valence-electron chi connectivity index (χ3n) is 3.98. The maximum Gasteiger partial charge on any atom is 0.416 e. The van der Waals surface area contributed by atoms with Crippen molar-refractivity contribution in [1.29, 1.82) is 0 Å². The summed E-state index contributed by atoms with van der Waals surface area (Å²) in [6.07, 6.45) is -5.32. The molecule has 2 amide bonds. The number of aryl methyl sites for hydroxylation is 1. The van der Waals surface area contributed by atoms with Crippen molar-refractivity contribution in [1.82, 2.24) is 5.32 Å². The van der Waals surface area contributed by atoms with Gasteiger partial charge in [-0.05, 0) is 45.2 Å². The summed E-state index contributed by atoms with van der Waals surface area (Å²) in [5.41, 5.74) is -1.52. The monoisotopic (exact) mass is 450 g/mol. The third kappa shape index (κ3) is 7.97. The van der Waals surface area contributed by atoms with E-state index in [2.05, 4.69) is 9.68 Å². The van der Waals surface area contributed by atoms with Gasteiger partial charge in [0.05, 0.1) is 15.3 Å². The van der Waals surface area contributed by atoms with Crippen LogP contribution in [0.4, 0.5) is 18.0 Å². The lowest BCUT2D eigenvalue weighted by molar-refractivity contribution is -0.138. The lowest BCUT2D eigenvalue weighted by atomic mass is 10.1. The average Bonchev–Trinajstić information content (AvgIpc) is 2.62. The number of hydrogen-bond donors (Lipinski definition) is 1. The summed E-state index contributed by atoms with van der Waals surface area (Å²) in [5, 5.41) is 2.39. The molecule has 0 saturated heterocycles. The quantitative estimate of drug-likeness (QED) is 0.729. The van der Waals surface area contributed by atoms with Crippen molar-refractivity contribution in [2.45, 2.75) is 65.3 Å². The number of carbonyl (C=O) groups excluding carboxylic acids is 2. The summed E-state index contributed by atoms with van der Waals surface area (Å²) < 4.78 is 60.7. The molecule has 0 bridgehead atoms. The number of rotatable bonds is 4. The molecule has 0 aliphatic carbocycles. The van der Waals surface area contributed by atoms with Crippen LogP contribution in [-0.2, 0) is 31.9 Å². The highest BCUT2D eigenvalue weighted by Crippen LogP contribution is 2.32. The van der Waals surface area contributed by atoms with Crippen LogP contribution in [0.5, 0.6) is 0 Å². The fraction of sp³-hybridized carbons (Fsp3) is 0.600. The first kappa shape index (κ1) is 25.9. The number of alkyl carbamates (subject to hydrolysis) is 1. The molecule has 1 aromatic rings. The maximum atomic E-state index is 13.1. The summed E-state index contributed by atoms with van der Waals surface area (Å²) >= 11 is 0. The molecule has 1 aliphatic rings. The summed E-state index contributed by atoms with van der Waals surface area (Å²) in [6.45, 7) is 9.02. The van der Waals surface area contributed by atoms with Crippen LogP contribution in [-0.4, -0.2) is 39.4 Å². The van der Waals surface area contributed by atoms with Gasteiger partial charge in [0.1, 0.15) is 11.6 Å². The molecule has 2 unspecified atom stereocenters. The minimum Gasteiger partial charge on any atom is -0.444 e. The standard InChI is InChI=1S/C18H23F3N2O4S.C2H6/c1-17(2,3)27-16(25)22-14-9-11-28(26,23-15(14)24)10-8-12-6-4-5-7-13(12)18(19,20)21;1-2/h4-7,14H,8-11H2,1-3H3,(H,22,25);1-2H3. The van der Waals surface area contributed by atoms with Crippen molar-refractivity contribution < 1.29 is 31.7 Å². The Morgan fingerprint density at radius 3 is 2.37 bits per heavy atom. The third-order valence-corrected chi connectivity index (χ3v) is 6.21. The highest BCUT2D eigenvalue weighted by molar-refractivity contribution is 7.93. The Morgan fingerprint density at radius 2 is 1.83 bits per heavy atom. The van der Waals surface area contributed by atoms with Crippen LogP contribution in [0.2, 0.25) is 0 Å². The first-order valence-corrected chi connectivity index (χ1v) is 11.6. The SMILES string of the molecule is CC.CC(C)(C)OC(=O)NC1CCS(=O)(CCc2ccccc2C(F)(F)F)=NC1=O. The molecule has 0 aromatic heterocycles. The van der Waals surface area contributed by atoms with Crippen molar-refractivity contribution in [3.05, 3.63) is 35.4 Å². The average molecular weight is 451 g/mol. The molecule has 30 heavy (non-hydrogen) atoms. The van der Waals surface area contributed by atoms with Gasteiger partial charge in [-0.2, -0.15) is 17.5 Å². The highest BCUT2D eigenvalue weighted by atomic mass is 32.2. The molecular formula is C20H29F3N2O4S. The molecule has 0 fully saturated rings. The number of carbonyl (C=O) groups is 2. The molecule has 0 radical (unpaired) electrons. The Hall–Kier alpha value is -2.10. The second-order valence-electron chi connectivity index (χ2n) is 7.50. The summed E-state index contributed by atoms with van der Waals surface area (Å²) in [7, 11) is -2.99. The van der Waals surface area contributed by atoms with Crippen molar-refractivity contribution in [3.63, 3.8) is 0 Å². The zero-order valence-corrected chi connectivity index (χ0v) is 18.7. The van der Waals surface area contributed by atoms with Gasteiger partial charge in [0, 0.05) is 11.5 Å². The van der Waals surface area contributed by atoms with E-state index in [4.69, 9.17) is 4.74 Å². The predicted octanol–water partition coefficient (Wildman–Crippen LogP) is 4.57. The number of hydrogen-bond acceptors (Lipinski definition) is 4. The van der Waals surface area contributed by atoms with Gasteiger partial charge in [-0.15, -0.1) is 0 Å². The number of alkyl halides is 3. The summed E-state index contributed by atoms with van der Waals surface area (Å²) in [6, 6.07) is 4.09. The molecule has 1 aliphatic heterocycles. The van der Waals surface area contributed by atoms with E-state index in [1.165, 1.54) is 18.2 Å². The lowest BCUT2D eigenvalue weighted by Gasteiger charge is -2.25. The van der Waals surface area contributed by atoms with Crippen LogP contribution in [0.15, 0.2) is 28.6 Å². The first-order chi connectivity index (χ1) is 13.8. The van der Waals surface area contributed by atoms with Gasteiger partial charge in [0.2, 0.25) is 0 Å². The van der Waals surface area contributed by atoms with Crippen molar-refractivity contribution in [2.24, 2.45) is 4.36 Å². The molecule has 2 atom stereocenters. The Morgan fingerprint density at radius 1 is 1.23 bits per heavy atom. The number of amides is 2. The fourth-order valence-electron chi connectivity index (χ4n) is 2.71. The number of benzene rings is 1. The van der Waals surface area contributed by atoms with E-state index in [1.807, 2.05) is 13.8 Å². The zero-order chi connectivity index (χ0) is 23.2. The van der Waals surface area contributed by atoms with E-state index in [-0.39, 0.29) is 29.9 Å². The Labute approximate surface area is 175 Å². The zero-order valence-electron chi connectivity index (χ0n) is 17.8. The van der Waals surface area contributed by atoms with Crippen molar-refractivity contribution >= 4 is 21.7 Å². The second kappa shape index (κ2) is 10.3. The Bertz CT molecular complexity index is 870. The van der Waals surface area contributed by atoms with E-state index < -0.39 is 45.1 Å². The molecule has 1 N–H and O–H groups in total. The number of halogens is 3. The number of nitrogens with one attached hydrogen (secondary N) is 1. The summed E-state index contributed by atoms with van der Waals surface area (Å²) in [4.78, 5) is 23.9. The van der Waals surface area contributed by atoms with Gasteiger partial charge >= 0.3 is 12.3 Å². The van der Waals surface area contributed by atoms with E-state index >= 15 is 0 Å². The minimum atomic E-state index is -4.51. The fourth-order valence-corrected chi connectivity index (χ4v) is 4.70. The lowest BCUT2D eigenvalue weighted by Crippen LogP contribution is -2.46. The van der Waals surface area contributed by atoms with Crippen LogP contribution in [0.1, 0.15) is 52.2 Å². The highest BCUT2D eigenvalue weighted by Gasteiger charge is 2.34. The van der Waals surface area contributed by atoms with E-state index in [0.717, 1.165) is 6.07 Å². The largest absolute Gasteiger partial charge is 0.444 e.